The monoisotopic (exact) mass is 337 g/mol. The average molecular weight is 337 g/mol. The number of alkyl halides is 1. The summed E-state index contributed by atoms with van der Waals surface area (Å²) in [6.07, 6.45) is -1.72. The van der Waals surface area contributed by atoms with Crippen LogP contribution in [-0.4, -0.2) is 44.0 Å². The van der Waals surface area contributed by atoms with E-state index in [2.05, 4.69) is 20.3 Å². The number of carbonyl (C=O) groups excluding carboxylic acids is 2. The standard InChI is InChI=1S/C14H16FN5O4/c1-6(2)11(22)18-14-17-10-9(12(23)19-14)16-5-20(10)13-8(15)3-7(4-21)24-13/h4-8,13H,3H2,1-2H3,(H2,17,18,19,22,23)/t7-,8+,13+/m0/s1. The summed E-state index contributed by atoms with van der Waals surface area (Å²) in [6, 6.07) is 0. The normalized spacial score (nSPS) is 23.8. The van der Waals surface area contributed by atoms with Gasteiger partial charge in [-0.1, -0.05) is 13.8 Å². The third kappa shape index (κ3) is 2.80. The highest BCUT2D eigenvalue weighted by atomic mass is 19.1. The van der Waals surface area contributed by atoms with Crippen molar-refractivity contribution in [3.8, 4) is 0 Å². The van der Waals surface area contributed by atoms with E-state index < -0.39 is 24.1 Å². The number of carbonyl (C=O) groups is 2. The summed E-state index contributed by atoms with van der Waals surface area (Å²) in [5, 5.41) is 2.48. The first-order valence-corrected chi connectivity index (χ1v) is 7.43. The van der Waals surface area contributed by atoms with Gasteiger partial charge in [0.15, 0.2) is 17.4 Å². The number of nitrogens with one attached hydrogen (secondary N) is 2. The van der Waals surface area contributed by atoms with E-state index in [9.17, 15) is 18.8 Å². The Morgan fingerprint density at radius 1 is 1.58 bits per heavy atom. The summed E-state index contributed by atoms with van der Waals surface area (Å²) < 4.78 is 20.7. The summed E-state index contributed by atoms with van der Waals surface area (Å²) >= 11 is 0. The Hall–Kier alpha value is -2.62. The van der Waals surface area contributed by atoms with Gasteiger partial charge in [0.05, 0.1) is 6.33 Å². The van der Waals surface area contributed by atoms with E-state index in [1.807, 2.05) is 0 Å². The highest BCUT2D eigenvalue weighted by Gasteiger charge is 2.37. The van der Waals surface area contributed by atoms with Gasteiger partial charge < -0.3 is 9.53 Å². The molecular weight excluding hydrogens is 321 g/mol. The number of H-pyrrole nitrogens is 1. The number of halogens is 1. The van der Waals surface area contributed by atoms with E-state index in [4.69, 9.17) is 4.74 Å². The number of hydrogen-bond donors (Lipinski definition) is 2. The number of amides is 1. The van der Waals surface area contributed by atoms with E-state index in [1.165, 1.54) is 10.9 Å². The Morgan fingerprint density at radius 3 is 2.96 bits per heavy atom. The largest absolute Gasteiger partial charge is 0.344 e. The van der Waals surface area contributed by atoms with Crippen LogP contribution in [-0.2, 0) is 14.3 Å². The Kier molecular flexibility index (Phi) is 4.14. The SMILES string of the molecule is CC(C)C(=O)Nc1nc2c(ncn2[C@@H]2O[C@H](C=O)C[C@H]2F)c(=O)[nH]1. The van der Waals surface area contributed by atoms with Crippen molar-refractivity contribution in [2.45, 2.75) is 38.8 Å². The molecule has 3 rings (SSSR count). The van der Waals surface area contributed by atoms with Crippen LogP contribution in [0, 0.1) is 5.92 Å². The first-order valence-electron chi connectivity index (χ1n) is 7.43. The molecule has 2 aromatic heterocycles. The molecule has 0 bridgehead atoms. The van der Waals surface area contributed by atoms with Crippen molar-refractivity contribution in [1.29, 1.82) is 0 Å². The zero-order valence-electron chi connectivity index (χ0n) is 13.0. The van der Waals surface area contributed by atoms with E-state index in [0.717, 1.165) is 0 Å². The molecule has 128 valence electrons. The van der Waals surface area contributed by atoms with Crippen LogP contribution < -0.4 is 10.9 Å². The molecule has 1 aliphatic rings. The van der Waals surface area contributed by atoms with Gasteiger partial charge in [-0.25, -0.2) is 9.37 Å². The molecule has 1 aliphatic heterocycles. The van der Waals surface area contributed by atoms with Gasteiger partial charge in [0.1, 0.15) is 18.6 Å². The van der Waals surface area contributed by atoms with Crippen molar-refractivity contribution in [3.05, 3.63) is 16.7 Å². The molecule has 3 atom stereocenters. The molecule has 0 aromatic carbocycles. The maximum Gasteiger partial charge on any atom is 0.280 e. The molecule has 2 aromatic rings. The van der Waals surface area contributed by atoms with Gasteiger partial charge in [-0.2, -0.15) is 4.98 Å². The summed E-state index contributed by atoms with van der Waals surface area (Å²) in [5.41, 5.74) is -0.516. The molecular formula is C14H16FN5O4. The van der Waals surface area contributed by atoms with E-state index in [0.29, 0.717) is 6.29 Å². The molecule has 24 heavy (non-hydrogen) atoms. The smallest absolute Gasteiger partial charge is 0.280 e. The van der Waals surface area contributed by atoms with Crippen LogP contribution in [0.1, 0.15) is 26.5 Å². The quantitative estimate of drug-likeness (QED) is 0.786. The summed E-state index contributed by atoms with van der Waals surface area (Å²) in [5.74, 6) is -0.698. The number of fused-ring (bicyclic) bond motifs is 1. The molecule has 0 aliphatic carbocycles. The molecule has 0 radical (unpaired) electrons. The van der Waals surface area contributed by atoms with Crippen LogP contribution in [0.5, 0.6) is 0 Å². The number of aromatic nitrogens is 4. The second-order valence-electron chi connectivity index (χ2n) is 5.84. The molecule has 0 unspecified atom stereocenters. The van der Waals surface area contributed by atoms with Crippen LogP contribution in [0.15, 0.2) is 11.1 Å². The second kappa shape index (κ2) is 6.11. The van der Waals surface area contributed by atoms with Gasteiger partial charge in [-0.05, 0) is 0 Å². The molecule has 9 nitrogen and oxygen atoms in total. The number of imidazole rings is 1. The van der Waals surface area contributed by atoms with Gasteiger partial charge in [0.25, 0.3) is 5.56 Å². The second-order valence-corrected chi connectivity index (χ2v) is 5.84. The lowest BCUT2D eigenvalue weighted by molar-refractivity contribution is -0.120. The van der Waals surface area contributed by atoms with Crippen molar-refractivity contribution < 1.29 is 18.7 Å². The fraction of sp³-hybridized carbons (Fsp3) is 0.500. The van der Waals surface area contributed by atoms with Crippen molar-refractivity contribution >= 4 is 29.3 Å². The summed E-state index contributed by atoms with van der Waals surface area (Å²) in [7, 11) is 0. The first kappa shape index (κ1) is 16.2. The molecule has 1 fully saturated rings. The number of hydrogen-bond acceptors (Lipinski definition) is 6. The lowest BCUT2D eigenvalue weighted by Gasteiger charge is -2.15. The fourth-order valence-corrected chi connectivity index (χ4v) is 2.42. The van der Waals surface area contributed by atoms with Gasteiger partial charge in [-0.15, -0.1) is 0 Å². The number of nitrogens with zero attached hydrogens (tertiary/aromatic N) is 3. The van der Waals surface area contributed by atoms with E-state index in [1.54, 1.807) is 13.8 Å². The maximum atomic E-state index is 14.1. The molecule has 10 heteroatoms. The van der Waals surface area contributed by atoms with Crippen molar-refractivity contribution in [2.75, 3.05) is 5.32 Å². The number of aromatic amines is 1. The van der Waals surface area contributed by atoms with Crippen LogP contribution in [0.3, 0.4) is 0 Å². The van der Waals surface area contributed by atoms with Gasteiger partial charge >= 0.3 is 0 Å². The summed E-state index contributed by atoms with van der Waals surface area (Å²) in [6.45, 7) is 3.38. The number of rotatable bonds is 4. The lowest BCUT2D eigenvalue weighted by Crippen LogP contribution is -2.23. The predicted molar refractivity (Wildman–Crippen MR) is 81.1 cm³/mol. The van der Waals surface area contributed by atoms with Crippen LogP contribution in [0.4, 0.5) is 10.3 Å². The van der Waals surface area contributed by atoms with Crippen LogP contribution in [0.25, 0.3) is 11.2 Å². The van der Waals surface area contributed by atoms with Gasteiger partial charge in [0.2, 0.25) is 11.9 Å². The average Bonchev–Trinajstić information content (AvgIpc) is 3.10. The summed E-state index contributed by atoms with van der Waals surface area (Å²) in [4.78, 5) is 45.1. The zero-order chi connectivity index (χ0) is 17.4. The fourth-order valence-electron chi connectivity index (χ4n) is 2.42. The molecule has 0 saturated carbocycles. The lowest BCUT2D eigenvalue weighted by atomic mass is 10.2. The molecule has 2 N–H and O–H groups in total. The van der Waals surface area contributed by atoms with Crippen molar-refractivity contribution in [1.82, 2.24) is 19.5 Å². The number of aldehydes is 1. The first-order chi connectivity index (χ1) is 11.4. The zero-order valence-corrected chi connectivity index (χ0v) is 13.0. The molecule has 1 amide bonds. The van der Waals surface area contributed by atoms with Gasteiger partial charge in [-0.3, -0.25) is 24.5 Å². The number of ether oxygens (including phenoxy) is 1. The van der Waals surface area contributed by atoms with Gasteiger partial charge in [0, 0.05) is 12.3 Å². The van der Waals surface area contributed by atoms with E-state index in [-0.39, 0.29) is 35.4 Å². The topological polar surface area (TPSA) is 119 Å². The Labute approximate surface area is 135 Å². The Morgan fingerprint density at radius 2 is 2.33 bits per heavy atom. The number of anilines is 1. The molecule has 1 saturated heterocycles. The minimum absolute atomic E-state index is 0.0112. The van der Waals surface area contributed by atoms with E-state index >= 15 is 0 Å². The highest BCUT2D eigenvalue weighted by Crippen LogP contribution is 2.32. The third-order valence-electron chi connectivity index (χ3n) is 3.71. The van der Waals surface area contributed by atoms with Crippen molar-refractivity contribution in [3.63, 3.8) is 0 Å². The predicted octanol–water partition coefficient (Wildman–Crippen LogP) is 0.539. The molecule has 0 spiro atoms. The Bertz CT molecular complexity index is 845. The van der Waals surface area contributed by atoms with Crippen LogP contribution >= 0.6 is 0 Å². The third-order valence-corrected chi connectivity index (χ3v) is 3.71. The highest BCUT2D eigenvalue weighted by molar-refractivity contribution is 5.91. The maximum absolute atomic E-state index is 14.1. The Balaban J connectivity index is 2.01. The van der Waals surface area contributed by atoms with Crippen molar-refractivity contribution in [2.24, 2.45) is 5.92 Å². The van der Waals surface area contributed by atoms with Crippen LogP contribution in [0.2, 0.25) is 0 Å². The minimum Gasteiger partial charge on any atom is -0.344 e. The molecule has 3 heterocycles. The minimum atomic E-state index is -1.44.